The monoisotopic (exact) mass is 438 g/mol. The standard InChI is InChI=1S/C24H26N2O4S/c27-22(6-5-18-7-14-31-16-18)25-11-8-24(9-12-25)10-13-26(17-24)23(28)21-15-29-19-3-1-2-4-20(19)30-21/h1-7,14,16,21H,8-13,15,17H2. The molecule has 1 unspecified atom stereocenters. The highest BCUT2D eigenvalue weighted by molar-refractivity contribution is 7.08. The Morgan fingerprint density at radius 3 is 2.52 bits per heavy atom. The fourth-order valence-electron chi connectivity index (χ4n) is 4.72. The first-order valence-electron chi connectivity index (χ1n) is 10.8. The number of nitrogens with zero attached hydrogens (tertiary/aromatic N) is 2. The van der Waals surface area contributed by atoms with Crippen molar-refractivity contribution in [3.8, 4) is 11.5 Å². The molecule has 0 radical (unpaired) electrons. The summed E-state index contributed by atoms with van der Waals surface area (Å²) in [6, 6.07) is 9.46. The summed E-state index contributed by atoms with van der Waals surface area (Å²) in [4.78, 5) is 29.4. The SMILES string of the molecule is O=C(C=Cc1ccsc1)N1CCC2(CC1)CCN(C(=O)C1COc3ccccc3O1)C2. The molecule has 2 fully saturated rings. The number of ether oxygens (including phenoxy) is 2. The fourth-order valence-corrected chi connectivity index (χ4v) is 5.35. The van der Waals surface area contributed by atoms with E-state index in [0.29, 0.717) is 11.5 Å². The molecule has 4 heterocycles. The summed E-state index contributed by atoms with van der Waals surface area (Å²) in [5.74, 6) is 1.39. The molecule has 1 spiro atoms. The lowest BCUT2D eigenvalue weighted by Gasteiger charge is -2.39. The Bertz CT molecular complexity index is 979. The molecule has 0 aliphatic carbocycles. The van der Waals surface area contributed by atoms with Crippen molar-refractivity contribution in [2.45, 2.75) is 25.4 Å². The number of hydrogen-bond donors (Lipinski definition) is 0. The van der Waals surface area contributed by atoms with Gasteiger partial charge in [-0.2, -0.15) is 11.3 Å². The van der Waals surface area contributed by atoms with Crippen molar-refractivity contribution >= 4 is 29.2 Å². The van der Waals surface area contributed by atoms with Crippen molar-refractivity contribution in [1.82, 2.24) is 9.80 Å². The minimum absolute atomic E-state index is 0.00332. The Kier molecular flexibility index (Phi) is 5.44. The van der Waals surface area contributed by atoms with Gasteiger partial charge >= 0.3 is 0 Å². The Hall–Kier alpha value is -2.80. The molecule has 0 saturated carbocycles. The molecule has 2 aromatic rings. The van der Waals surface area contributed by atoms with E-state index in [1.165, 1.54) is 0 Å². The van der Waals surface area contributed by atoms with Crippen LogP contribution in [0.4, 0.5) is 0 Å². The maximum absolute atomic E-state index is 13.1. The second-order valence-electron chi connectivity index (χ2n) is 8.59. The molecule has 0 N–H and O–H groups in total. The predicted octanol–water partition coefficient (Wildman–Crippen LogP) is 3.44. The number of thiophene rings is 1. The van der Waals surface area contributed by atoms with Gasteiger partial charge in [0, 0.05) is 32.3 Å². The molecule has 1 aromatic heterocycles. The molecule has 3 aliphatic rings. The second kappa shape index (κ2) is 8.38. The number of rotatable bonds is 3. The van der Waals surface area contributed by atoms with Crippen molar-refractivity contribution < 1.29 is 19.1 Å². The number of piperidine rings is 1. The average molecular weight is 439 g/mol. The van der Waals surface area contributed by atoms with Crippen molar-refractivity contribution in [3.63, 3.8) is 0 Å². The smallest absolute Gasteiger partial charge is 0.267 e. The normalized spacial score (nSPS) is 22.3. The van der Waals surface area contributed by atoms with Gasteiger partial charge in [-0.25, -0.2) is 0 Å². The van der Waals surface area contributed by atoms with Crippen molar-refractivity contribution in [1.29, 1.82) is 0 Å². The number of carbonyl (C=O) groups excluding carboxylic acids is 2. The minimum atomic E-state index is -0.589. The highest BCUT2D eigenvalue weighted by atomic mass is 32.1. The third kappa shape index (κ3) is 4.19. The lowest BCUT2D eigenvalue weighted by Crippen LogP contribution is -2.48. The number of para-hydroxylation sites is 2. The van der Waals surface area contributed by atoms with E-state index in [1.807, 2.05) is 57.0 Å². The maximum atomic E-state index is 13.1. The van der Waals surface area contributed by atoms with Gasteiger partial charge in [-0.05, 0) is 65.3 Å². The fraction of sp³-hybridized carbons (Fsp3) is 0.417. The van der Waals surface area contributed by atoms with E-state index in [-0.39, 0.29) is 23.8 Å². The topological polar surface area (TPSA) is 59.1 Å². The van der Waals surface area contributed by atoms with Crippen LogP contribution in [0.5, 0.6) is 11.5 Å². The van der Waals surface area contributed by atoms with Gasteiger partial charge < -0.3 is 19.3 Å². The molecule has 2 amide bonds. The van der Waals surface area contributed by atoms with E-state index in [0.717, 1.165) is 51.0 Å². The Morgan fingerprint density at radius 2 is 1.77 bits per heavy atom. The van der Waals surface area contributed by atoms with Crippen LogP contribution >= 0.6 is 11.3 Å². The molecular weight excluding hydrogens is 412 g/mol. The van der Waals surface area contributed by atoms with Crippen LogP contribution in [0.15, 0.2) is 47.2 Å². The van der Waals surface area contributed by atoms with E-state index in [2.05, 4.69) is 0 Å². The van der Waals surface area contributed by atoms with Gasteiger partial charge in [0.1, 0.15) is 6.61 Å². The van der Waals surface area contributed by atoms with Crippen molar-refractivity contribution in [2.24, 2.45) is 5.41 Å². The van der Waals surface area contributed by atoms with E-state index in [4.69, 9.17) is 9.47 Å². The molecule has 1 atom stereocenters. The van der Waals surface area contributed by atoms with E-state index in [9.17, 15) is 9.59 Å². The number of amides is 2. The van der Waals surface area contributed by atoms with Gasteiger partial charge in [0.2, 0.25) is 12.0 Å². The van der Waals surface area contributed by atoms with Gasteiger partial charge in [-0.3, -0.25) is 9.59 Å². The zero-order valence-corrected chi connectivity index (χ0v) is 18.2. The Balaban J connectivity index is 1.15. The quantitative estimate of drug-likeness (QED) is 0.689. The molecule has 3 aliphatic heterocycles. The highest BCUT2D eigenvalue weighted by Gasteiger charge is 2.44. The Labute approximate surface area is 186 Å². The molecule has 162 valence electrons. The van der Waals surface area contributed by atoms with Crippen LogP contribution in [-0.2, 0) is 9.59 Å². The summed E-state index contributed by atoms with van der Waals surface area (Å²) in [7, 11) is 0. The summed E-state index contributed by atoms with van der Waals surface area (Å²) < 4.78 is 11.6. The van der Waals surface area contributed by atoms with Crippen LogP contribution in [0.1, 0.15) is 24.8 Å². The molecule has 7 heteroatoms. The molecule has 31 heavy (non-hydrogen) atoms. The summed E-state index contributed by atoms with van der Waals surface area (Å²) in [5.41, 5.74) is 1.17. The predicted molar refractivity (Wildman–Crippen MR) is 119 cm³/mol. The highest BCUT2D eigenvalue weighted by Crippen LogP contribution is 2.41. The molecular formula is C24H26N2O4S. The van der Waals surface area contributed by atoms with E-state index >= 15 is 0 Å². The minimum Gasteiger partial charge on any atom is -0.485 e. The van der Waals surface area contributed by atoms with Gasteiger partial charge in [0.05, 0.1) is 0 Å². The van der Waals surface area contributed by atoms with Crippen LogP contribution in [0.3, 0.4) is 0 Å². The third-order valence-electron chi connectivity index (χ3n) is 6.63. The van der Waals surface area contributed by atoms with Crippen LogP contribution in [0.25, 0.3) is 6.08 Å². The zero-order chi connectivity index (χ0) is 21.3. The van der Waals surface area contributed by atoms with Gasteiger partial charge in [0.25, 0.3) is 5.91 Å². The van der Waals surface area contributed by atoms with Crippen LogP contribution in [-0.4, -0.2) is 60.5 Å². The first kappa shape index (κ1) is 20.1. The number of benzene rings is 1. The first-order chi connectivity index (χ1) is 15.1. The van der Waals surface area contributed by atoms with Crippen molar-refractivity contribution in [3.05, 3.63) is 52.7 Å². The number of likely N-dealkylation sites (tertiary alicyclic amines) is 2. The van der Waals surface area contributed by atoms with E-state index in [1.54, 1.807) is 17.4 Å². The number of carbonyl (C=O) groups is 2. The van der Waals surface area contributed by atoms with Crippen molar-refractivity contribution in [2.75, 3.05) is 32.8 Å². The maximum Gasteiger partial charge on any atom is 0.267 e. The first-order valence-corrected chi connectivity index (χ1v) is 11.7. The summed E-state index contributed by atoms with van der Waals surface area (Å²) in [6.45, 7) is 3.21. The van der Waals surface area contributed by atoms with Gasteiger partial charge in [-0.15, -0.1) is 0 Å². The molecule has 0 bridgehead atoms. The molecule has 5 rings (SSSR count). The number of hydrogen-bond acceptors (Lipinski definition) is 5. The van der Waals surface area contributed by atoms with Crippen LogP contribution in [0.2, 0.25) is 0 Å². The third-order valence-corrected chi connectivity index (χ3v) is 7.33. The molecule has 6 nitrogen and oxygen atoms in total. The Morgan fingerprint density at radius 1 is 1.03 bits per heavy atom. The molecule has 1 aromatic carbocycles. The number of fused-ring (bicyclic) bond motifs is 1. The zero-order valence-electron chi connectivity index (χ0n) is 17.4. The van der Waals surface area contributed by atoms with Gasteiger partial charge in [0.15, 0.2) is 11.5 Å². The lowest BCUT2D eigenvalue weighted by molar-refractivity contribution is -0.141. The lowest BCUT2D eigenvalue weighted by atomic mass is 9.78. The largest absolute Gasteiger partial charge is 0.485 e. The van der Waals surface area contributed by atoms with Crippen LogP contribution in [0, 0.1) is 5.41 Å². The summed E-state index contributed by atoms with van der Waals surface area (Å²) >= 11 is 1.62. The average Bonchev–Trinajstić information content (AvgIpc) is 3.48. The summed E-state index contributed by atoms with van der Waals surface area (Å²) in [5, 5.41) is 4.03. The van der Waals surface area contributed by atoms with Crippen LogP contribution < -0.4 is 9.47 Å². The second-order valence-corrected chi connectivity index (χ2v) is 9.37. The molecule has 2 saturated heterocycles. The van der Waals surface area contributed by atoms with E-state index < -0.39 is 6.10 Å². The summed E-state index contributed by atoms with van der Waals surface area (Å²) in [6.07, 6.45) is 5.80. The van der Waals surface area contributed by atoms with Gasteiger partial charge in [-0.1, -0.05) is 12.1 Å².